The van der Waals surface area contributed by atoms with E-state index in [1.807, 2.05) is 0 Å². The van der Waals surface area contributed by atoms with Crippen molar-refractivity contribution in [3.8, 4) is 17.2 Å². The molecule has 0 aromatic heterocycles. The molecule has 1 N–H and O–H groups in total. The first kappa shape index (κ1) is 13.5. The maximum Gasteiger partial charge on any atom is 0.335 e. The number of nitriles is 1. The van der Waals surface area contributed by atoms with Crippen LogP contribution in [-0.4, -0.2) is 11.1 Å². The smallest absolute Gasteiger partial charge is 0.335 e. The molecule has 0 saturated heterocycles. The summed E-state index contributed by atoms with van der Waals surface area (Å²) in [4.78, 5) is 10.9. The van der Waals surface area contributed by atoms with E-state index >= 15 is 0 Å². The van der Waals surface area contributed by atoms with Gasteiger partial charge in [0.2, 0.25) is 0 Å². The molecule has 0 saturated carbocycles. The highest BCUT2D eigenvalue weighted by atomic mass is 127. The Morgan fingerprint density at radius 2 is 2.00 bits per heavy atom. The highest BCUT2D eigenvalue weighted by Gasteiger charge is 2.10. The van der Waals surface area contributed by atoms with E-state index in [-0.39, 0.29) is 11.1 Å². The zero-order valence-corrected chi connectivity index (χ0v) is 11.7. The first-order valence-electron chi connectivity index (χ1n) is 5.26. The van der Waals surface area contributed by atoms with Gasteiger partial charge in [0.1, 0.15) is 11.9 Å². The molecular formula is C14H7FINO2. The molecule has 2 aromatic carbocycles. The minimum Gasteiger partial charge on any atom is -0.478 e. The predicted molar refractivity (Wildman–Crippen MR) is 76.2 cm³/mol. The van der Waals surface area contributed by atoms with Crippen LogP contribution in [0.2, 0.25) is 0 Å². The zero-order chi connectivity index (χ0) is 14.0. The molecular weight excluding hydrogens is 360 g/mol. The van der Waals surface area contributed by atoms with E-state index in [2.05, 4.69) is 22.6 Å². The van der Waals surface area contributed by atoms with E-state index in [1.54, 1.807) is 18.2 Å². The van der Waals surface area contributed by atoms with Crippen molar-refractivity contribution >= 4 is 28.6 Å². The van der Waals surface area contributed by atoms with Crippen LogP contribution in [0.3, 0.4) is 0 Å². The molecule has 0 radical (unpaired) electrons. The first-order chi connectivity index (χ1) is 9.02. The number of hydrogen-bond acceptors (Lipinski definition) is 2. The number of carboxylic acids is 1. The van der Waals surface area contributed by atoms with Gasteiger partial charge in [0.15, 0.2) is 0 Å². The number of hydrogen-bond donors (Lipinski definition) is 1. The van der Waals surface area contributed by atoms with Gasteiger partial charge in [0.25, 0.3) is 0 Å². The van der Waals surface area contributed by atoms with Gasteiger partial charge in [-0.3, -0.25) is 0 Å². The minimum absolute atomic E-state index is 0.0341. The summed E-state index contributed by atoms with van der Waals surface area (Å²) < 4.78 is 14.4. The summed E-state index contributed by atoms with van der Waals surface area (Å²) in [6.07, 6.45) is 0. The van der Waals surface area contributed by atoms with E-state index in [9.17, 15) is 9.18 Å². The van der Waals surface area contributed by atoms with Crippen LogP contribution in [-0.2, 0) is 0 Å². The molecule has 94 valence electrons. The van der Waals surface area contributed by atoms with Gasteiger partial charge in [-0.15, -0.1) is 0 Å². The lowest BCUT2D eigenvalue weighted by Gasteiger charge is -2.07. The fraction of sp³-hybridized carbons (Fsp3) is 0. The third-order valence-electron chi connectivity index (χ3n) is 2.61. The highest BCUT2D eigenvalue weighted by Crippen LogP contribution is 2.27. The van der Waals surface area contributed by atoms with Crippen LogP contribution in [0.15, 0.2) is 36.4 Å². The summed E-state index contributed by atoms with van der Waals surface area (Å²) in [6, 6.07) is 10.6. The second kappa shape index (κ2) is 5.36. The summed E-state index contributed by atoms with van der Waals surface area (Å²) >= 11 is 2.05. The standard InChI is InChI=1S/C14H7FINO2/c15-12-6-8(1-2-10(12)7-17)11-5-9(14(18)19)3-4-13(11)16/h1-6H,(H,18,19). The number of halogens is 2. The van der Waals surface area contributed by atoms with Gasteiger partial charge in [-0.2, -0.15) is 5.26 Å². The number of benzene rings is 2. The van der Waals surface area contributed by atoms with E-state index in [0.29, 0.717) is 11.1 Å². The topological polar surface area (TPSA) is 61.1 Å². The van der Waals surface area contributed by atoms with Gasteiger partial charge in [-0.1, -0.05) is 6.07 Å². The zero-order valence-electron chi connectivity index (χ0n) is 9.52. The SMILES string of the molecule is N#Cc1ccc(-c2cc(C(=O)O)ccc2I)cc1F. The largest absolute Gasteiger partial charge is 0.478 e. The van der Waals surface area contributed by atoms with Crippen LogP contribution in [0.25, 0.3) is 11.1 Å². The summed E-state index contributed by atoms with van der Waals surface area (Å²) in [6.45, 7) is 0. The lowest BCUT2D eigenvalue weighted by molar-refractivity contribution is 0.0697. The van der Waals surface area contributed by atoms with Gasteiger partial charge in [0, 0.05) is 3.57 Å². The molecule has 3 nitrogen and oxygen atoms in total. The van der Waals surface area contributed by atoms with Gasteiger partial charge in [-0.25, -0.2) is 9.18 Å². The van der Waals surface area contributed by atoms with E-state index in [4.69, 9.17) is 10.4 Å². The first-order valence-corrected chi connectivity index (χ1v) is 6.33. The fourth-order valence-electron chi connectivity index (χ4n) is 1.65. The average Bonchev–Trinajstić information content (AvgIpc) is 2.38. The van der Waals surface area contributed by atoms with Crippen LogP contribution in [0.1, 0.15) is 15.9 Å². The molecule has 0 fully saturated rings. The number of nitrogens with zero attached hydrogens (tertiary/aromatic N) is 1. The number of aromatic carboxylic acids is 1. The molecule has 0 spiro atoms. The molecule has 0 bridgehead atoms. The molecule has 0 aliphatic rings. The van der Waals surface area contributed by atoms with Crippen molar-refractivity contribution in [2.75, 3.05) is 0 Å². The summed E-state index contributed by atoms with van der Waals surface area (Å²) in [5, 5.41) is 17.6. The molecule has 0 heterocycles. The maximum atomic E-state index is 13.6. The number of carboxylic acid groups (broad SMARTS) is 1. The summed E-state index contributed by atoms with van der Waals surface area (Å²) in [5.41, 5.74) is 1.28. The Labute approximate surface area is 122 Å². The van der Waals surface area contributed by atoms with E-state index < -0.39 is 11.8 Å². The molecule has 5 heteroatoms. The minimum atomic E-state index is -1.04. The molecule has 0 aliphatic heterocycles. The molecule has 0 amide bonds. The summed E-state index contributed by atoms with van der Waals surface area (Å²) in [7, 11) is 0. The Balaban J connectivity index is 2.58. The quantitative estimate of drug-likeness (QED) is 0.824. The lowest BCUT2D eigenvalue weighted by atomic mass is 10.0. The number of rotatable bonds is 2. The Kier molecular flexibility index (Phi) is 3.81. The molecule has 0 unspecified atom stereocenters. The van der Waals surface area contributed by atoms with Gasteiger partial charge in [0.05, 0.1) is 11.1 Å². The Bertz CT molecular complexity index is 707. The van der Waals surface area contributed by atoms with Crippen molar-refractivity contribution in [3.63, 3.8) is 0 Å². The van der Waals surface area contributed by atoms with Crippen LogP contribution in [0.4, 0.5) is 4.39 Å². The second-order valence-electron chi connectivity index (χ2n) is 3.81. The molecule has 0 aliphatic carbocycles. The van der Waals surface area contributed by atoms with Crippen molar-refractivity contribution in [2.45, 2.75) is 0 Å². The van der Waals surface area contributed by atoms with Gasteiger partial charge in [-0.05, 0) is 64.0 Å². The van der Waals surface area contributed by atoms with Crippen molar-refractivity contribution in [2.24, 2.45) is 0 Å². The van der Waals surface area contributed by atoms with E-state index in [1.165, 1.54) is 24.3 Å². The predicted octanol–water partition coefficient (Wildman–Crippen LogP) is 3.67. The van der Waals surface area contributed by atoms with Crippen LogP contribution < -0.4 is 0 Å². The monoisotopic (exact) mass is 367 g/mol. The second-order valence-corrected chi connectivity index (χ2v) is 4.97. The third-order valence-corrected chi connectivity index (χ3v) is 3.55. The van der Waals surface area contributed by atoms with Crippen molar-refractivity contribution in [1.82, 2.24) is 0 Å². The molecule has 19 heavy (non-hydrogen) atoms. The van der Waals surface area contributed by atoms with E-state index in [0.717, 1.165) is 3.57 Å². The molecule has 0 atom stereocenters. The van der Waals surface area contributed by atoms with Gasteiger partial charge >= 0.3 is 5.97 Å². The molecule has 2 aromatic rings. The Morgan fingerprint density at radius 3 is 2.58 bits per heavy atom. The Hall–Kier alpha value is -1.94. The lowest BCUT2D eigenvalue weighted by Crippen LogP contribution is -1.97. The maximum absolute atomic E-state index is 13.6. The third kappa shape index (κ3) is 2.74. The fourth-order valence-corrected chi connectivity index (χ4v) is 2.30. The summed E-state index contributed by atoms with van der Waals surface area (Å²) in [5.74, 6) is -1.65. The normalized spacial score (nSPS) is 9.95. The number of carbonyl (C=O) groups is 1. The van der Waals surface area contributed by atoms with Crippen molar-refractivity contribution in [1.29, 1.82) is 5.26 Å². The van der Waals surface area contributed by atoms with Crippen molar-refractivity contribution < 1.29 is 14.3 Å². The highest BCUT2D eigenvalue weighted by molar-refractivity contribution is 14.1. The Morgan fingerprint density at radius 1 is 1.26 bits per heavy atom. The van der Waals surface area contributed by atoms with Crippen LogP contribution in [0, 0.1) is 20.7 Å². The van der Waals surface area contributed by atoms with Crippen LogP contribution in [0.5, 0.6) is 0 Å². The van der Waals surface area contributed by atoms with Crippen LogP contribution >= 0.6 is 22.6 Å². The van der Waals surface area contributed by atoms with Gasteiger partial charge < -0.3 is 5.11 Å². The van der Waals surface area contributed by atoms with Crippen molar-refractivity contribution in [3.05, 3.63) is 56.9 Å². The average molecular weight is 367 g/mol. The molecule has 2 rings (SSSR count).